The number of nitrogens with zero attached hydrogens (tertiary/aromatic N) is 2. The molecule has 1 aliphatic rings. The maximum Gasteiger partial charge on any atom is 0.0726 e. The van der Waals surface area contributed by atoms with Gasteiger partial charge in [0.15, 0.2) is 0 Å². The van der Waals surface area contributed by atoms with E-state index in [0.717, 1.165) is 17.1 Å². The van der Waals surface area contributed by atoms with Gasteiger partial charge in [-0.2, -0.15) is 0 Å². The average molecular weight is 291 g/mol. The molecule has 20 heavy (non-hydrogen) atoms. The van der Waals surface area contributed by atoms with E-state index in [4.69, 9.17) is 0 Å². The zero-order valence-corrected chi connectivity index (χ0v) is 13.3. The normalized spacial score (nSPS) is 16.2. The smallest absolute Gasteiger partial charge is 0.0726 e. The van der Waals surface area contributed by atoms with Crippen molar-refractivity contribution >= 4 is 29.0 Å². The van der Waals surface area contributed by atoms with Crippen LogP contribution in [-0.2, 0) is 0 Å². The number of aryl methyl sites for hydroxylation is 2. The van der Waals surface area contributed by atoms with Gasteiger partial charge in [0.05, 0.1) is 5.52 Å². The summed E-state index contributed by atoms with van der Waals surface area (Å²) in [5, 5.41) is 1.31. The van der Waals surface area contributed by atoms with Gasteiger partial charge >= 0.3 is 0 Å². The Hall–Kier alpha value is -1.28. The summed E-state index contributed by atoms with van der Waals surface area (Å²) in [7, 11) is 0. The first kappa shape index (κ1) is 15.1. The van der Waals surface area contributed by atoms with E-state index in [2.05, 4.69) is 54.9 Å². The molecular formula is C17H23ClN2. The van der Waals surface area contributed by atoms with Crippen LogP contribution in [0, 0.1) is 19.8 Å². The van der Waals surface area contributed by atoms with Crippen molar-refractivity contribution in [2.24, 2.45) is 5.92 Å². The number of anilines is 1. The number of hydrogen-bond acceptors (Lipinski definition) is 2. The second-order valence-corrected chi connectivity index (χ2v) is 5.97. The Morgan fingerprint density at radius 2 is 1.80 bits per heavy atom. The molecule has 1 aromatic heterocycles. The Morgan fingerprint density at radius 1 is 1.10 bits per heavy atom. The highest BCUT2D eigenvalue weighted by Crippen LogP contribution is 2.30. The number of rotatable bonds is 1. The van der Waals surface area contributed by atoms with Gasteiger partial charge in [0.25, 0.3) is 0 Å². The average Bonchev–Trinajstić information content (AvgIpc) is 2.39. The van der Waals surface area contributed by atoms with Gasteiger partial charge in [0.1, 0.15) is 0 Å². The van der Waals surface area contributed by atoms with Crippen molar-refractivity contribution in [3.8, 4) is 0 Å². The third-order valence-corrected chi connectivity index (χ3v) is 4.19. The molecule has 0 bridgehead atoms. The van der Waals surface area contributed by atoms with Crippen molar-refractivity contribution in [2.75, 3.05) is 18.0 Å². The minimum atomic E-state index is 0. The number of benzene rings is 1. The third kappa shape index (κ3) is 2.90. The molecule has 3 heteroatoms. The first-order valence-corrected chi connectivity index (χ1v) is 7.26. The van der Waals surface area contributed by atoms with E-state index < -0.39 is 0 Å². The van der Waals surface area contributed by atoms with Gasteiger partial charge in [-0.15, -0.1) is 12.4 Å². The fraction of sp³-hybridized carbons (Fsp3) is 0.471. The first-order valence-electron chi connectivity index (χ1n) is 7.26. The Balaban J connectivity index is 0.00000147. The number of hydrogen-bond donors (Lipinski definition) is 0. The number of aromatic nitrogens is 1. The zero-order chi connectivity index (χ0) is 13.4. The van der Waals surface area contributed by atoms with Crippen LogP contribution in [0.15, 0.2) is 24.3 Å². The molecule has 0 saturated carbocycles. The number of piperidine rings is 1. The molecular weight excluding hydrogens is 268 g/mol. The van der Waals surface area contributed by atoms with E-state index in [9.17, 15) is 0 Å². The highest BCUT2D eigenvalue weighted by atomic mass is 35.5. The maximum atomic E-state index is 4.66. The number of pyridine rings is 1. The maximum absolute atomic E-state index is 4.66. The Labute approximate surface area is 127 Å². The molecule has 2 heterocycles. The first-order chi connectivity index (χ1) is 9.13. The van der Waals surface area contributed by atoms with Crippen molar-refractivity contribution < 1.29 is 0 Å². The summed E-state index contributed by atoms with van der Waals surface area (Å²) < 4.78 is 0. The molecule has 0 amide bonds. The molecule has 1 fully saturated rings. The number of fused-ring (bicyclic) bond motifs is 1. The van der Waals surface area contributed by atoms with E-state index in [-0.39, 0.29) is 12.4 Å². The molecule has 1 aliphatic heterocycles. The lowest BCUT2D eigenvalue weighted by Gasteiger charge is -2.33. The summed E-state index contributed by atoms with van der Waals surface area (Å²) in [5.74, 6) is 0.868. The van der Waals surface area contributed by atoms with Gasteiger partial charge in [0.2, 0.25) is 0 Å². The molecule has 0 N–H and O–H groups in total. The molecule has 3 rings (SSSR count). The minimum absolute atomic E-state index is 0. The second-order valence-electron chi connectivity index (χ2n) is 5.97. The standard InChI is InChI=1S/C17H22N2.ClH/c1-12-6-8-19(9-7-12)17-11-14(3)18-16-5-4-13(2)10-15(16)17;/h4-5,10-12H,6-9H2,1-3H3;1H. The summed E-state index contributed by atoms with van der Waals surface area (Å²) >= 11 is 0. The lowest BCUT2D eigenvalue weighted by Crippen LogP contribution is -2.33. The predicted octanol–water partition coefficient (Wildman–Crippen LogP) is 4.51. The summed E-state index contributed by atoms with van der Waals surface area (Å²) in [6.07, 6.45) is 2.60. The summed E-state index contributed by atoms with van der Waals surface area (Å²) in [4.78, 5) is 7.20. The number of halogens is 1. The van der Waals surface area contributed by atoms with Gasteiger partial charge in [-0.1, -0.05) is 18.6 Å². The van der Waals surface area contributed by atoms with Crippen LogP contribution >= 0.6 is 12.4 Å². The molecule has 1 aromatic carbocycles. The molecule has 0 atom stereocenters. The fourth-order valence-corrected chi connectivity index (χ4v) is 2.96. The van der Waals surface area contributed by atoms with Gasteiger partial charge in [0, 0.05) is 29.9 Å². The highest BCUT2D eigenvalue weighted by molar-refractivity contribution is 5.92. The molecule has 2 nitrogen and oxygen atoms in total. The second kappa shape index (κ2) is 6.01. The fourth-order valence-electron chi connectivity index (χ4n) is 2.96. The van der Waals surface area contributed by atoms with Crippen LogP contribution in [0.3, 0.4) is 0 Å². The largest absolute Gasteiger partial charge is 0.371 e. The van der Waals surface area contributed by atoms with E-state index in [1.807, 2.05) is 0 Å². The Morgan fingerprint density at radius 3 is 2.50 bits per heavy atom. The van der Waals surface area contributed by atoms with Crippen molar-refractivity contribution in [3.05, 3.63) is 35.5 Å². The van der Waals surface area contributed by atoms with Crippen LogP contribution in [0.25, 0.3) is 10.9 Å². The lowest BCUT2D eigenvalue weighted by atomic mass is 9.98. The topological polar surface area (TPSA) is 16.1 Å². The quantitative estimate of drug-likeness (QED) is 0.768. The van der Waals surface area contributed by atoms with Crippen LogP contribution in [0.5, 0.6) is 0 Å². The van der Waals surface area contributed by atoms with E-state index in [0.29, 0.717) is 0 Å². The van der Waals surface area contributed by atoms with E-state index in [1.165, 1.54) is 42.6 Å². The van der Waals surface area contributed by atoms with Crippen molar-refractivity contribution in [2.45, 2.75) is 33.6 Å². The third-order valence-electron chi connectivity index (χ3n) is 4.19. The van der Waals surface area contributed by atoms with Crippen LogP contribution in [0.2, 0.25) is 0 Å². The lowest BCUT2D eigenvalue weighted by molar-refractivity contribution is 0.439. The van der Waals surface area contributed by atoms with E-state index in [1.54, 1.807) is 0 Å². The zero-order valence-electron chi connectivity index (χ0n) is 12.5. The molecule has 0 aliphatic carbocycles. The van der Waals surface area contributed by atoms with Gasteiger partial charge < -0.3 is 4.90 Å². The molecule has 0 spiro atoms. The molecule has 0 radical (unpaired) electrons. The van der Waals surface area contributed by atoms with Gasteiger partial charge in [-0.3, -0.25) is 4.98 Å². The van der Waals surface area contributed by atoms with Gasteiger partial charge in [-0.05, 0) is 50.8 Å². The van der Waals surface area contributed by atoms with Crippen molar-refractivity contribution in [3.63, 3.8) is 0 Å². The minimum Gasteiger partial charge on any atom is -0.371 e. The van der Waals surface area contributed by atoms with Crippen LogP contribution in [-0.4, -0.2) is 18.1 Å². The monoisotopic (exact) mass is 290 g/mol. The molecule has 2 aromatic rings. The SMILES string of the molecule is Cc1ccc2nc(C)cc(N3CCC(C)CC3)c2c1.Cl. The molecule has 108 valence electrons. The predicted molar refractivity (Wildman–Crippen MR) is 89.1 cm³/mol. The molecule has 1 saturated heterocycles. The Kier molecular flexibility index (Phi) is 4.54. The van der Waals surface area contributed by atoms with Crippen LogP contribution in [0.1, 0.15) is 31.0 Å². The van der Waals surface area contributed by atoms with Crippen LogP contribution < -0.4 is 4.90 Å². The van der Waals surface area contributed by atoms with Crippen molar-refractivity contribution in [1.29, 1.82) is 0 Å². The van der Waals surface area contributed by atoms with Gasteiger partial charge in [-0.25, -0.2) is 0 Å². The summed E-state index contributed by atoms with van der Waals surface area (Å²) in [6, 6.07) is 8.82. The Bertz CT molecular complexity index is 601. The molecule has 0 unspecified atom stereocenters. The van der Waals surface area contributed by atoms with Crippen molar-refractivity contribution in [1.82, 2.24) is 4.98 Å². The summed E-state index contributed by atoms with van der Waals surface area (Å²) in [6.45, 7) is 8.95. The van der Waals surface area contributed by atoms with Crippen LogP contribution in [0.4, 0.5) is 5.69 Å². The highest BCUT2D eigenvalue weighted by Gasteiger charge is 2.18. The van der Waals surface area contributed by atoms with E-state index >= 15 is 0 Å². The summed E-state index contributed by atoms with van der Waals surface area (Å²) in [5.41, 5.74) is 4.92.